The molecule has 10 heteroatoms. The number of carbonyl (C=O) groups excluding carboxylic acids is 2. The SMILES string of the molecule is CCOC(=O)/C(=N\OCC(N)=O)c1nc2ccccc2n([C@@H]2CC3CCC[C@H](C2)N3C2CC3CCCC(C3)C2)c1=O. The van der Waals surface area contributed by atoms with Crippen LogP contribution in [0.5, 0.6) is 0 Å². The summed E-state index contributed by atoms with van der Waals surface area (Å²) < 4.78 is 7.01. The lowest BCUT2D eigenvalue weighted by atomic mass is 9.68. The van der Waals surface area contributed by atoms with Crippen molar-refractivity contribution in [1.82, 2.24) is 14.5 Å². The molecule has 3 heterocycles. The minimum atomic E-state index is -0.835. The molecule has 5 atom stereocenters. The molecular weight excluding hydrogens is 522 g/mol. The molecule has 41 heavy (non-hydrogen) atoms. The van der Waals surface area contributed by atoms with Crippen molar-refractivity contribution in [3.05, 3.63) is 40.3 Å². The van der Waals surface area contributed by atoms with E-state index in [1.165, 1.54) is 44.9 Å². The van der Waals surface area contributed by atoms with Gasteiger partial charge in [0.05, 0.1) is 17.6 Å². The van der Waals surface area contributed by atoms with Crippen LogP contribution in [0.1, 0.15) is 89.3 Å². The van der Waals surface area contributed by atoms with Crippen LogP contribution in [-0.2, 0) is 19.2 Å². The van der Waals surface area contributed by atoms with E-state index in [0.29, 0.717) is 23.6 Å². The molecule has 3 unspecified atom stereocenters. The van der Waals surface area contributed by atoms with Crippen molar-refractivity contribution in [3.63, 3.8) is 0 Å². The smallest absolute Gasteiger partial charge is 0.362 e. The Morgan fingerprint density at radius 1 is 0.951 bits per heavy atom. The molecule has 220 valence electrons. The summed E-state index contributed by atoms with van der Waals surface area (Å²) in [4.78, 5) is 50.8. The lowest BCUT2D eigenvalue weighted by Gasteiger charge is -2.55. The Balaban J connectivity index is 1.36. The van der Waals surface area contributed by atoms with E-state index in [9.17, 15) is 14.4 Å². The third kappa shape index (κ3) is 5.63. The number of hydrogen-bond acceptors (Lipinski definition) is 8. The first-order valence-corrected chi connectivity index (χ1v) is 15.4. The topological polar surface area (TPSA) is 129 Å². The first-order valence-electron chi connectivity index (χ1n) is 15.4. The summed E-state index contributed by atoms with van der Waals surface area (Å²) in [5.41, 5.74) is 5.61. The Bertz CT molecular complexity index is 1360. The number of piperidine rings is 2. The van der Waals surface area contributed by atoms with E-state index >= 15 is 0 Å². The molecule has 2 N–H and O–H groups in total. The van der Waals surface area contributed by atoms with Crippen LogP contribution in [0.4, 0.5) is 0 Å². The van der Waals surface area contributed by atoms with Crippen molar-refractivity contribution in [2.75, 3.05) is 13.2 Å². The number of aromatic nitrogens is 2. The summed E-state index contributed by atoms with van der Waals surface area (Å²) in [6.07, 6.45) is 13.5. The van der Waals surface area contributed by atoms with Gasteiger partial charge in [-0.3, -0.25) is 14.5 Å². The van der Waals surface area contributed by atoms with Crippen molar-refractivity contribution in [2.45, 2.75) is 102 Å². The molecule has 2 aromatic rings. The lowest BCUT2D eigenvalue weighted by Crippen LogP contribution is -2.58. The van der Waals surface area contributed by atoms with E-state index in [-0.39, 0.29) is 24.1 Å². The lowest BCUT2D eigenvalue weighted by molar-refractivity contribution is -0.135. The number of fused-ring (bicyclic) bond motifs is 5. The van der Waals surface area contributed by atoms with Crippen LogP contribution >= 0.6 is 0 Å². The zero-order valence-electron chi connectivity index (χ0n) is 23.9. The van der Waals surface area contributed by atoms with E-state index in [1.807, 2.05) is 28.8 Å². The molecule has 4 aliphatic rings. The van der Waals surface area contributed by atoms with Gasteiger partial charge in [0.1, 0.15) is 0 Å². The second-order valence-electron chi connectivity index (χ2n) is 12.4. The fourth-order valence-electron chi connectivity index (χ4n) is 8.34. The fraction of sp³-hybridized carbons (Fsp3) is 0.645. The second kappa shape index (κ2) is 11.9. The van der Waals surface area contributed by atoms with Gasteiger partial charge in [-0.15, -0.1) is 0 Å². The van der Waals surface area contributed by atoms with Crippen LogP contribution in [0.3, 0.4) is 0 Å². The van der Waals surface area contributed by atoms with Gasteiger partial charge in [0, 0.05) is 24.2 Å². The molecule has 6 rings (SSSR count). The van der Waals surface area contributed by atoms with Crippen molar-refractivity contribution in [1.29, 1.82) is 0 Å². The highest BCUT2D eigenvalue weighted by molar-refractivity contribution is 6.42. The molecule has 2 saturated carbocycles. The van der Waals surface area contributed by atoms with Gasteiger partial charge >= 0.3 is 5.97 Å². The predicted molar refractivity (Wildman–Crippen MR) is 154 cm³/mol. The third-order valence-electron chi connectivity index (χ3n) is 9.75. The highest BCUT2D eigenvalue weighted by Gasteiger charge is 2.45. The van der Waals surface area contributed by atoms with E-state index in [2.05, 4.69) is 15.0 Å². The number of primary amides is 1. The van der Waals surface area contributed by atoms with Gasteiger partial charge in [0.15, 0.2) is 12.3 Å². The summed E-state index contributed by atoms with van der Waals surface area (Å²) in [6, 6.07) is 9.02. The molecule has 2 aliphatic carbocycles. The number of ether oxygens (including phenoxy) is 1. The van der Waals surface area contributed by atoms with Gasteiger partial charge in [-0.25, -0.2) is 9.78 Å². The molecule has 4 fully saturated rings. The van der Waals surface area contributed by atoms with E-state index in [0.717, 1.165) is 43.0 Å². The van der Waals surface area contributed by atoms with Crippen molar-refractivity contribution < 1.29 is 19.2 Å². The number of rotatable bonds is 8. The average molecular weight is 564 g/mol. The summed E-state index contributed by atoms with van der Waals surface area (Å²) >= 11 is 0. The van der Waals surface area contributed by atoms with Gasteiger partial charge < -0.3 is 19.9 Å². The molecular formula is C31H41N5O5. The summed E-state index contributed by atoms with van der Waals surface area (Å²) in [5, 5.41) is 3.82. The van der Waals surface area contributed by atoms with Crippen molar-refractivity contribution in [3.8, 4) is 0 Å². The molecule has 4 bridgehead atoms. The van der Waals surface area contributed by atoms with Crippen LogP contribution in [0.25, 0.3) is 11.0 Å². The Morgan fingerprint density at radius 3 is 2.32 bits per heavy atom. The Kier molecular flexibility index (Phi) is 8.10. The Morgan fingerprint density at radius 2 is 1.63 bits per heavy atom. The largest absolute Gasteiger partial charge is 0.461 e. The van der Waals surface area contributed by atoms with Gasteiger partial charge in [0.2, 0.25) is 5.71 Å². The monoisotopic (exact) mass is 563 g/mol. The number of oxime groups is 1. The average Bonchev–Trinajstić information content (AvgIpc) is 2.94. The minimum absolute atomic E-state index is 0.0289. The molecule has 0 spiro atoms. The van der Waals surface area contributed by atoms with Crippen LogP contribution < -0.4 is 11.3 Å². The maximum absolute atomic E-state index is 14.2. The molecule has 0 radical (unpaired) electrons. The second-order valence-corrected chi connectivity index (χ2v) is 12.4. The first kappa shape index (κ1) is 27.9. The van der Waals surface area contributed by atoms with Crippen molar-refractivity contribution >= 4 is 28.6 Å². The molecule has 10 nitrogen and oxygen atoms in total. The third-order valence-corrected chi connectivity index (χ3v) is 9.75. The number of nitrogens with two attached hydrogens (primary N) is 1. The summed E-state index contributed by atoms with van der Waals surface area (Å²) in [7, 11) is 0. The molecule has 1 amide bonds. The van der Waals surface area contributed by atoms with Crippen LogP contribution in [0.2, 0.25) is 0 Å². The maximum atomic E-state index is 14.2. The first-order chi connectivity index (χ1) is 19.9. The summed E-state index contributed by atoms with van der Waals surface area (Å²) in [6.45, 7) is 1.22. The quantitative estimate of drug-likeness (QED) is 0.295. The number of nitrogens with zero attached hydrogens (tertiary/aromatic N) is 4. The number of benzene rings is 1. The number of amides is 1. The summed E-state index contributed by atoms with van der Waals surface area (Å²) in [5.74, 6) is 0.161. The van der Waals surface area contributed by atoms with E-state index in [1.54, 1.807) is 6.92 Å². The fourth-order valence-corrected chi connectivity index (χ4v) is 8.34. The zero-order chi connectivity index (χ0) is 28.5. The highest BCUT2D eigenvalue weighted by Crippen LogP contribution is 2.47. The molecule has 2 saturated heterocycles. The van der Waals surface area contributed by atoms with Gasteiger partial charge in [0.25, 0.3) is 11.5 Å². The number of carbonyl (C=O) groups is 2. The van der Waals surface area contributed by atoms with Gasteiger partial charge in [-0.05, 0) is 75.8 Å². The van der Waals surface area contributed by atoms with E-state index < -0.39 is 24.0 Å². The van der Waals surface area contributed by atoms with Crippen molar-refractivity contribution in [2.24, 2.45) is 22.7 Å². The Labute approximate surface area is 240 Å². The highest BCUT2D eigenvalue weighted by atomic mass is 16.6. The zero-order valence-corrected chi connectivity index (χ0v) is 23.9. The number of esters is 1. The number of para-hydroxylation sites is 2. The van der Waals surface area contributed by atoms with Crippen LogP contribution in [-0.4, -0.2) is 63.4 Å². The standard InChI is InChI=1S/C31H41N5O5/c1-2-40-31(39)29(34-41-18-27(32)37)28-30(38)36(26-12-4-3-11-25(26)33-28)24-16-21-9-6-10-22(17-24)35(21)23-14-19-7-5-8-20(13-19)15-23/h3-4,11-12,19-24H,2,5-10,13-18H2,1H3,(H2,32,37)/b34-29-/t19?,20?,21-,22?,23?,24+/m1/s1. The maximum Gasteiger partial charge on any atom is 0.362 e. The Hall–Kier alpha value is -3.27. The molecule has 1 aromatic heterocycles. The van der Waals surface area contributed by atoms with Crippen LogP contribution in [0, 0.1) is 11.8 Å². The molecule has 1 aromatic carbocycles. The number of hydrogen-bond donors (Lipinski definition) is 1. The molecule has 2 aliphatic heterocycles. The van der Waals surface area contributed by atoms with E-state index in [4.69, 9.17) is 15.3 Å². The minimum Gasteiger partial charge on any atom is -0.461 e. The van der Waals surface area contributed by atoms with Gasteiger partial charge in [-0.2, -0.15) is 0 Å². The van der Waals surface area contributed by atoms with Gasteiger partial charge in [-0.1, -0.05) is 43.0 Å². The predicted octanol–water partition coefficient (Wildman–Crippen LogP) is 3.69. The normalized spacial score (nSPS) is 30.1. The van der Waals surface area contributed by atoms with Crippen LogP contribution in [0.15, 0.2) is 34.2 Å².